The number of amides is 1. The van der Waals surface area contributed by atoms with E-state index < -0.39 is 6.10 Å². The summed E-state index contributed by atoms with van der Waals surface area (Å²) >= 11 is 0. The molecular formula is C17H17FN2O2. The first-order valence-electron chi connectivity index (χ1n) is 7.20. The summed E-state index contributed by atoms with van der Waals surface area (Å²) in [5.41, 5.74) is 7.92. The van der Waals surface area contributed by atoms with E-state index in [2.05, 4.69) is 0 Å². The summed E-state index contributed by atoms with van der Waals surface area (Å²) in [6.07, 6.45) is 0.0576. The molecule has 114 valence electrons. The normalized spacial score (nSPS) is 17.1. The molecule has 1 amide bonds. The van der Waals surface area contributed by atoms with Gasteiger partial charge in [-0.15, -0.1) is 0 Å². The third-order valence-electron chi connectivity index (χ3n) is 3.71. The zero-order chi connectivity index (χ0) is 15.7. The van der Waals surface area contributed by atoms with E-state index in [4.69, 9.17) is 10.5 Å². The smallest absolute Gasteiger partial charge is 0.268 e. The number of benzene rings is 2. The fourth-order valence-electron chi connectivity index (χ4n) is 2.54. The van der Waals surface area contributed by atoms with Crippen LogP contribution < -0.4 is 15.4 Å². The molecule has 2 aromatic rings. The summed E-state index contributed by atoms with van der Waals surface area (Å²) in [7, 11) is 0. The van der Waals surface area contributed by atoms with Gasteiger partial charge < -0.3 is 15.4 Å². The van der Waals surface area contributed by atoms with Gasteiger partial charge in [0.25, 0.3) is 5.91 Å². The second-order valence-corrected chi connectivity index (χ2v) is 5.29. The molecule has 1 aliphatic heterocycles. The second kappa shape index (κ2) is 5.67. The molecule has 0 spiro atoms. The highest BCUT2D eigenvalue weighted by Crippen LogP contribution is 2.37. The van der Waals surface area contributed by atoms with Crippen LogP contribution in [0.1, 0.15) is 18.9 Å². The van der Waals surface area contributed by atoms with Gasteiger partial charge in [-0.05, 0) is 36.2 Å². The molecule has 2 N–H and O–H groups in total. The van der Waals surface area contributed by atoms with Gasteiger partial charge >= 0.3 is 0 Å². The third-order valence-corrected chi connectivity index (χ3v) is 3.71. The Labute approximate surface area is 128 Å². The van der Waals surface area contributed by atoms with Crippen LogP contribution >= 0.6 is 0 Å². The standard InChI is InChI=1S/C17H17FN2O2/c1-2-15-17(21)20(10-11-3-5-12(18)6-4-11)14-8-7-13(19)9-16(14)22-15/h3-9,15H,2,10,19H2,1H3/t15-/m0/s1. The number of halogens is 1. The zero-order valence-corrected chi connectivity index (χ0v) is 12.3. The number of anilines is 2. The molecule has 1 aliphatic rings. The van der Waals surface area contributed by atoms with Gasteiger partial charge in [0, 0.05) is 11.8 Å². The van der Waals surface area contributed by atoms with Crippen LogP contribution in [0, 0.1) is 5.82 Å². The molecule has 1 atom stereocenters. The van der Waals surface area contributed by atoms with E-state index in [0.29, 0.717) is 30.1 Å². The Bertz CT molecular complexity index is 700. The van der Waals surface area contributed by atoms with Crippen molar-refractivity contribution in [3.63, 3.8) is 0 Å². The maximum Gasteiger partial charge on any atom is 0.268 e. The molecule has 5 heteroatoms. The van der Waals surface area contributed by atoms with Gasteiger partial charge in [0.15, 0.2) is 6.10 Å². The van der Waals surface area contributed by atoms with E-state index in [1.165, 1.54) is 12.1 Å². The summed E-state index contributed by atoms with van der Waals surface area (Å²) in [5.74, 6) is 0.217. The van der Waals surface area contributed by atoms with Gasteiger partial charge in [-0.1, -0.05) is 19.1 Å². The lowest BCUT2D eigenvalue weighted by Crippen LogP contribution is -2.45. The average Bonchev–Trinajstić information content (AvgIpc) is 2.51. The Morgan fingerprint density at radius 3 is 2.64 bits per heavy atom. The maximum absolute atomic E-state index is 13.0. The number of hydrogen-bond acceptors (Lipinski definition) is 3. The molecular weight excluding hydrogens is 283 g/mol. The Balaban J connectivity index is 1.97. The highest BCUT2D eigenvalue weighted by molar-refractivity contribution is 6.00. The zero-order valence-electron chi connectivity index (χ0n) is 12.3. The van der Waals surface area contributed by atoms with Crippen molar-refractivity contribution in [2.45, 2.75) is 26.0 Å². The van der Waals surface area contributed by atoms with Crippen LogP contribution in [0.3, 0.4) is 0 Å². The molecule has 4 nitrogen and oxygen atoms in total. The van der Waals surface area contributed by atoms with Crippen LogP contribution in [-0.2, 0) is 11.3 Å². The summed E-state index contributed by atoms with van der Waals surface area (Å²) < 4.78 is 18.8. The minimum atomic E-state index is -0.519. The minimum Gasteiger partial charge on any atom is -0.478 e. The van der Waals surface area contributed by atoms with Crippen molar-refractivity contribution in [2.24, 2.45) is 0 Å². The number of ether oxygens (including phenoxy) is 1. The number of carbonyl (C=O) groups excluding carboxylic acids is 1. The predicted octanol–water partition coefficient (Wildman–Crippen LogP) is 3.11. The first-order valence-corrected chi connectivity index (χ1v) is 7.20. The molecule has 0 saturated carbocycles. The van der Waals surface area contributed by atoms with Crippen molar-refractivity contribution in [1.29, 1.82) is 0 Å². The quantitative estimate of drug-likeness (QED) is 0.886. The van der Waals surface area contributed by atoms with E-state index in [1.807, 2.05) is 6.92 Å². The summed E-state index contributed by atoms with van der Waals surface area (Å²) in [6, 6.07) is 11.4. The number of rotatable bonds is 3. The topological polar surface area (TPSA) is 55.6 Å². The number of nitrogens with two attached hydrogens (primary N) is 1. The Morgan fingerprint density at radius 2 is 1.95 bits per heavy atom. The van der Waals surface area contributed by atoms with Gasteiger partial charge in [-0.25, -0.2) is 4.39 Å². The Hall–Kier alpha value is -2.56. The summed E-state index contributed by atoms with van der Waals surface area (Å²) in [5, 5.41) is 0. The van der Waals surface area contributed by atoms with Gasteiger partial charge in [0.05, 0.1) is 12.2 Å². The van der Waals surface area contributed by atoms with Crippen molar-refractivity contribution >= 4 is 17.3 Å². The lowest BCUT2D eigenvalue weighted by Gasteiger charge is -2.34. The number of nitrogen functional groups attached to an aromatic ring is 1. The molecule has 0 aromatic heterocycles. The van der Waals surface area contributed by atoms with Crippen LogP contribution in [-0.4, -0.2) is 12.0 Å². The fourth-order valence-corrected chi connectivity index (χ4v) is 2.54. The Kier molecular flexibility index (Phi) is 3.71. The average molecular weight is 300 g/mol. The van der Waals surface area contributed by atoms with Crippen molar-refractivity contribution < 1.29 is 13.9 Å². The number of hydrogen-bond donors (Lipinski definition) is 1. The van der Waals surface area contributed by atoms with E-state index in [1.54, 1.807) is 35.2 Å². The highest BCUT2D eigenvalue weighted by atomic mass is 19.1. The largest absolute Gasteiger partial charge is 0.478 e. The first kappa shape index (κ1) is 14.4. The van der Waals surface area contributed by atoms with Crippen molar-refractivity contribution in [3.05, 3.63) is 53.8 Å². The molecule has 22 heavy (non-hydrogen) atoms. The van der Waals surface area contributed by atoms with E-state index in [-0.39, 0.29) is 11.7 Å². The number of fused-ring (bicyclic) bond motifs is 1. The molecule has 0 aliphatic carbocycles. The predicted molar refractivity (Wildman–Crippen MR) is 83.2 cm³/mol. The Morgan fingerprint density at radius 1 is 1.23 bits per heavy atom. The van der Waals surface area contributed by atoms with Crippen molar-refractivity contribution in [2.75, 3.05) is 10.6 Å². The van der Waals surface area contributed by atoms with Crippen molar-refractivity contribution in [1.82, 2.24) is 0 Å². The molecule has 0 radical (unpaired) electrons. The van der Waals surface area contributed by atoms with Crippen LogP contribution in [0.5, 0.6) is 5.75 Å². The van der Waals surface area contributed by atoms with Gasteiger partial charge in [0.1, 0.15) is 11.6 Å². The fraction of sp³-hybridized carbons (Fsp3) is 0.235. The van der Waals surface area contributed by atoms with E-state index in [9.17, 15) is 9.18 Å². The minimum absolute atomic E-state index is 0.0934. The molecule has 3 rings (SSSR count). The van der Waals surface area contributed by atoms with Crippen LogP contribution in [0.15, 0.2) is 42.5 Å². The lowest BCUT2D eigenvalue weighted by atomic mass is 10.1. The molecule has 1 heterocycles. The maximum atomic E-state index is 13.0. The summed E-state index contributed by atoms with van der Waals surface area (Å²) in [4.78, 5) is 14.2. The van der Waals surface area contributed by atoms with Gasteiger partial charge in [-0.3, -0.25) is 4.79 Å². The summed E-state index contributed by atoms with van der Waals surface area (Å²) in [6.45, 7) is 2.27. The molecule has 2 aromatic carbocycles. The van der Waals surface area contributed by atoms with Gasteiger partial charge in [-0.2, -0.15) is 0 Å². The van der Waals surface area contributed by atoms with E-state index in [0.717, 1.165) is 5.56 Å². The van der Waals surface area contributed by atoms with Crippen LogP contribution in [0.4, 0.5) is 15.8 Å². The molecule has 0 unspecified atom stereocenters. The first-order chi connectivity index (χ1) is 10.6. The van der Waals surface area contributed by atoms with E-state index >= 15 is 0 Å². The van der Waals surface area contributed by atoms with Gasteiger partial charge in [0.2, 0.25) is 0 Å². The van der Waals surface area contributed by atoms with Crippen LogP contribution in [0.25, 0.3) is 0 Å². The SMILES string of the molecule is CC[C@@H]1Oc2cc(N)ccc2N(Cc2ccc(F)cc2)C1=O. The second-order valence-electron chi connectivity index (χ2n) is 5.29. The van der Waals surface area contributed by atoms with Crippen molar-refractivity contribution in [3.8, 4) is 5.75 Å². The number of carbonyl (C=O) groups is 1. The molecule has 0 saturated heterocycles. The highest BCUT2D eigenvalue weighted by Gasteiger charge is 2.33. The third kappa shape index (κ3) is 2.62. The molecule has 0 bridgehead atoms. The molecule has 0 fully saturated rings. The van der Waals surface area contributed by atoms with Crippen LogP contribution in [0.2, 0.25) is 0 Å². The lowest BCUT2D eigenvalue weighted by molar-refractivity contribution is -0.126. The monoisotopic (exact) mass is 300 g/mol. The number of nitrogens with zero attached hydrogens (tertiary/aromatic N) is 1.